The molecule has 0 aromatic heterocycles. The summed E-state index contributed by atoms with van der Waals surface area (Å²) in [5, 5.41) is 19.8. The second kappa shape index (κ2) is 7.80. The Kier molecular flexibility index (Phi) is 6.05. The second-order valence-corrected chi connectivity index (χ2v) is 7.38. The Bertz CT molecular complexity index is 887. The Morgan fingerprint density at radius 3 is 2.32 bits per heavy atom. The van der Waals surface area contributed by atoms with E-state index >= 15 is 0 Å². The van der Waals surface area contributed by atoms with Crippen molar-refractivity contribution in [3.8, 4) is 11.8 Å². The predicted molar refractivity (Wildman–Crippen MR) is 96.5 cm³/mol. The highest BCUT2D eigenvalue weighted by atomic mass is 19.4. The molecule has 2 rings (SSSR count). The van der Waals surface area contributed by atoms with E-state index < -0.39 is 35.9 Å². The average molecular weight is 395 g/mol. The van der Waals surface area contributed by atoms with Crippen molar-refractivity contribution in [1.29, 1.82) is 5.26 Å². The number of hydrogen-bond acceptors (Lipinski definition) is 3. The van der Waals surface area contributed by atoms with Crippen LogP contribution in [0.2, 0.25) is 0 Å². The molecule has 1 unspecified atom stereocenters. The van der Waals surface area contributed by atoms with E-state index in [4.69, 9.17) is 10.00 Å². The predicted octanol–water partition coefficient (Wildman–Crippen LogP) is 4.91. The molecule has 0 aliphatic rings. The van der Waals surface area contributed by atoms with Gasteiger partial charge in [-0.15, -0.1) is 0 Å². The molecule has 1 atom stereocenters. The number of nitriles is 1. The molecule has 1 N–H and O–H groups in total. The quantitative estimate of drug-likeness (QED) is 0.707. The van der Waals surface area contributed by atoms with Crippen LogP contribution in [-0.4, -0.2) is 24.0 Å². The Balaban J connectivity index is 2.50. The minimum atomic E-state index is -4.96. The van der Waals surface area contributed by atoms with Crippen molar-refractivity contribution in [2.45, 2.75) is 43.9 Å². The van der Waals surface area contributed by atoms with E-state index in [1.54, 1.807) is 0 Å². The van der Waals surface area contributed by atoms with Crippen LogP contribution >= 0.6 is 0 Å². The van der Waals surface area contributed by atoms with Gasteiger partial charge in [0.15, 0.2) is 5.60 Å². The van der Waals surface area contributed by atoms with Crippen molar-refractivity contribution in [2.75, 3.05) is 7.11 Å². The summed E-state index contributed by atoms with van der Waals surface area (Å²) < 4.78 is 60.6. The van der Waals surface area contributed by atoms with Crippen LogP contribution in [0, 0.1) is 17.1 Å². The molecule has 0 saturated carbocycles. The van der Waals surface area contributed by atoms with Gasteiger partial charge in [-0.05, 0) is 41.7 Å². The lowest BCUT2D eigenvalue weighted by atomic mass is 9.72. The first-order valence-corrected chi connectivity index (χ1v) is 8.55. The van der Waals surface area contributed by atoms with Crippen LogP contribution in [0.15, 0.2) is 42.5 Å². The zero-order valence-electron chi connectivity index (χ0n) is 15.8. The Morgan fingerprint density at radius 2 is 1.75 bits per heavy atom. The first kappa shape index (κ1) is 21.7. The van der Waals surface area contributed by atoms with Gasteiger partial charge >= 0.3 is 6.18 Å². The average Bonchev–Trinajstić information content (AvgIpc) is 2.60. The molecule has 0 aliphatic carbocycles. The van der Waals surface area contributed by atoms with Gasteiger partial charge in [0.2, 0.25) is 0 Å². The van der Waals surface area contributed by atoms with Crippen LogP contribution < -0.4 is 4.74 Å². The molecule has 0 saturated heterocycles. The highest BCUT2D eigenvalue weighted by Crippen LogP contribution is 2.45. The number of ether oxygens (including phenoxy) is 1. The van der Waals surface area contributed by atoms with E-state index in [0.717, 1.165) is 12.1 Å². The van der Waals surface area contributed by atoms with Crippen molar-refractivity contribution in [1.82, 2.24) is 0 Å². The number of rotatable bonds is 6. The van der Waals surface area contributed by atoms with Crippen LogP contribution in [0.4, 0.5) is 17.6 Å². The third-order valence-corrected chi connectivity index (χ3v) is 4.77. The number of aliphatic hydroxyl groups is 1. The van der Waals surface area contributed by atoms with Gasteiger partial charge in [0.1, 0.15) is 11.6 Å². The van der Waals surface area contributed by atoms with Gasteiger partial charge < -0.3 is 9.84 Å². The van der Waals surface area contributed by atoms with Gasteiger partial charge in [-0.1, -0.05) is 32.0 Å². The van der Waals surface area contributed by atoms with Crippen molar-refractivity contribution in [2.24, 2.45) is 0 Å². The summed E-state index contributed by atoms with van der Waals surface area (Å²) in [5.41, 5.74) is -4.04. The zero-order chi connectivity index (χ0) is 21.2. The minimum absolute atomic E-state index is 0.0614. The maximum Gasteiger partial charge on any atom is 0.417 e. The van der Waals surface area contributed by atoms with E-state index in [-0.39, 0.29) is 22.4 Å². The molecule has 0 fully saturated rings. The van der Waals surface area contributed by atoms with E-state index in [0.29, 0.717) is 0 Å². The number of nitrogens with zero attached hydrogens (tertiary/aromatic N) is 1. The maximum atomic E-state index is 13.9. The summed E-state index contributed by atoms with van der Waals surface area (Å²) in [4.78, 5) is 0. The summed E-state index contributed by atoms with van der Waals surface area (Å²) in [5.74, 6) is -0.386. The van der Waals surface area contributed by atoms with E-state index in [1.165, 1.54) is 51.3 Å². The highest BCUT2D eigenvalue weighted by molar-refractivity contribution is 5.41. The molecule has 0 radical (unpaired) electrons. The summed E-state index contributed by atoms with van der Waals surface area (Å²) in [6.45, 7) is 2.97. The lowest BCUT2D eigenvalue weighted by Gasteiger charge is -2.38. The number of benzene rings is 2. The van der Waals surface area contributed by atoms with Gasteiger partial charge in [-0.2, -0.15) is 18.4 Å². The number of hydrogen-bond donors (Lipinski definition) is 1. The molecule has 2 aromatic carbocycles. The standard InChI is InChI=1S/C21H21F4NO2/c1-19(2,17-10-16(22)8-9-18(17)28-3)13-20(27,21(23,24)25)11-14-6-4-5-7-15(14)12-26/h4-10,27H,11,13H2,1-3H3. The number of alkyl halides is 3. The van der Waals surface area contributed by atoms with Gasteiger partial charge in [-0.3, -0.25) is 0 Å². The van der Waals surface area contributed by atoms with Crippen molar-refractivity contribution < 1.29 is 27.4 Å². The zero-order valence-corrected chi connectivity index (χ0v) is 15.8. The first-order chi connectivity index (χ1) is 12.9. The second-order valence-electron chi connectivity index (χ2n) is 7.38. The van der Waals surface area contributed by atoms with Gasteiger partial charge in [0.05, 0.1) is 18.7 Å². The molecule has 7 heteroatoms. The van der Waals surface area contributed by atoms with Crippen molar-refractivity contribution in [3.63, 3.8) is 0 Å². The Labute approximate surface area is 161 Å². The van der Waals surface area contributed by atoms with Crippen molar-refractivity contribution >= 4 is 0 Å². The SMILES string of the molecule is COc1ccc(F)cc1C(C)(C)CC(O)(Cc1ccccc1C#N)C(F)(F)F. The molecular weight excluding hydrogens is 374 g/mol. The molecule has 0 heterocycles. The normalized spacial score (nSPS) is 14.2. The van der Waals surface area contributed by atoms with E-state index in [9.17, 15) is 22.7 Å². The summed E-state index contributed by atoms with van der Waals surface area (Å²) in [7, 11) is 1.34. The molecule has 0 amide bonds. The summed E-state index contributed by atoms with van der Waals surface area (Å²) in [6.07, 6.45) is -6.50. The van der Waals surface area contributed by atoms with Gasteiger partial charge in [-0.25, -0.2) is 4.39 Å². The smallest absolute Gasteiger partial charge is 0.417 e. The van der Waals surface area contributed by atoms with E-state index in [1.807, 2.05) is 6.07 Å². The minimum Gasteiger partial charge on any atom is -0.496 e. The maximum absolute atomic E-state index is 13.9. The van der Waals surface area contributed by atoms with E-state index in [2.05, 4.69) is 0 Å². The van der Waals surface area contributed by atoms with Gasteiger partial charge in [0, 0.05) is 12.0 Å². The fraction of sp³-hybridized carbons (Fsp3) is 0.381. The molecule has 3 nitrogen and oxygen atoms in total. The fourth-order valence-corrected chi connectivity index (χ4v) is 3.40. The lowest BCUT2D eigenvalue weighted by Crippen LogP contribution is -2.51. The lowest BCUT2D eigenvalue weighted by molar-refractivity contribution is -0.266. The number of methoxy groups -OCH3 is 1. The van der Waals surface area contributed by atoms with Crippen LogP contribution in [0.5, 0.6) is 5.75 Å². The molecule has 0 bridgehead atoms. The highest BCUT2D eigenvalue weighted by Gasteiger charge is 2.56. The van der Waals surface area contributed by atoms with Crippen LogP contribution in [0.3, 0.4) is 0 Å². The van der Waals surface area contributed by atoms with Crippen LogP contribution in [-0.2, 0) is 11.8 Å². The third-order valence-electron chi connectivity index (χ3n) is 4.77. The van der Waals surface area contributed by atoms with Crippen LogP contribution in [0.25, 0.3) is 0 Å². The number of halogens is 4. The Hall–Kier alpha value is -2.59. The summed E-state index contributed by atoms with van der Waals surface area (Å²) in [6, 6.07) is 11.3. The van der Waals surface area contributed by atoms with Crippen LogP contribution in [0.1, 0.15) is 37.0 Å². The largest absolute Gasteiger partial charge is 0.496 e. The molecular formula is C21H21F4NO2. The molecule has 2 aromatic rings. The monoisotopic (exact) mass is 395 g/mol. The third kappa shape index (κ3) is 4.45. The molecule has 0 aliphatic heterocycles. The van der Waals surface area contributed by atoms with Crippen molar-refractivity contribution in [3.05, 3.63) is 65.0 Å². The molecule has 28 heavy (non-hydrogen) atoms. The summed E-state index contributed by atoms with van der Waals surface area (Å²) >= 11 is 0. The fourth-order valence-electron chi connectivity index (χ4n) is 3.40. The Morgan fingerprint density at radius 1 is 1.11 bits per heavy atom. The van der Waals surface area contributed by atoms with Gasteiger partial charge in [0.25, 0.3) is 0 Å². The topological polar surface area (TPSA) is 53.2 Å². The molecule has 150 valence electrons. The first-order valence-electron chi connectivity index (χ1n) is 8.55. The molecule has 0 spiro atoms.